The van der Waals surface area contributed by atoms with E-state index in [0.717, 1.165) is 0 Å². The molecule has 0 aromatic heterocycles. The molecule has 1 saturated heterocycles. The Labute approximate surface area is 87.6 Å². The van der Waals surface area contributed by atoms with E-state index in [1.54, 1.807) is 12.1 Å². The lowest BCUT2D eigenvalue weighted by Crippen LogP contribution is -2.11. The predicted octanol–water partition coefficient (Wildman–Crippen LogP) is 1.51. The van der Waals surface area contributed by atoms with Crippen molar-refractivity contribution in [2.75, 3.05) is 12.4 Å². The average molecular weight is 233 g/mol. The van der Waals surface area contributed by atoms with Crippen LogP contribution < -0.4 is 0 Å². The van der Waals surface area contributed by atoms with Gasteiger partial charge in [-0.1, -0.05) is 11.6 Å². The Bertz CT molecular complexity index is 420. The molecular weight excluding hydrogens is 224 g/mol. The van der Waals surface area contributed by atoms with Crippen LogP contribution in [0.25, 0.3) is 0 Å². The zero-order valence-electron chi connectivity index (χ0n) is 7.31. The summed E-state index contributed by atoms with van der Waals surface area (Å²) in [5.41, 5.74) is 0. The Kier molecular flexibility index (Phi) is 2.51. The van der Waals surface area contributed by atoms with E-state index >= 15 is 0 Å². The summed E-state index contributed by atoms with van der Waals surface area (Å²) in [6.07, 6.45) is -0.115. The summed E-state index contributed by atoms with van der Waals surface area (Å²) in [4.78, 5) is 0.303. The lowest BCUT2D eigenvalue weighted by atomic mass is 10.4. The third-order valence-electron chi connectivity index (χ3n) is 1.98. The molecule has 1 aliphatic heterocycles. The fourth-order valence-electron chi connectivity index (χ4n) is 1.15. The molecule has 0 radical (unpaired) electrons. The van der Waals surface area contributed by atoms with E-state index in [9.17, 15) is 8.42 Å². The summed E-state index contributed by atoms with van der Waals surface area (Å²) < 4.78 is 28.2. The second-order valence-electron chi connectivity index (χ2n) is 3.19. The van der Waals surface area contributed by atoms with Crippen LogP contribution in [0.4, 0.5) is 0 Å². The topological polar surface area (TPSA) is 46.7 Å². The molecule has 1 aromatic rings. The number of ether oxygens (including phenoxy) is 1. The summed E-state index contributed by atoms with van der Waals surface area (Å²) in [7, 11) is -3.20. The smallest absolute Gasteiger partial charge is 0.181 e. The molecule has 0 N–H and O–H groups in total. The SMILES string of the molecule is O=S(=O)(C[C@@H]1CO1)c1ccc(Cl)cc1. The largest absolute Gasteiger partial charge is 0.372 e. The van der Waals surface area contributed by atoms with Crippen molar-refractivity contribution in [3.8, 4) is 0 Å². The Morgan fingerprint density at radius 3 is 2.43 bits per heavy atom. The zero-order valence-corrected chi connectivity index (χ0v) is 8.88. The van der Waals surface area contributed by atoms with Gasteiger partial charge < -0.3 is 4.74 Å². The van der Waals surface area contributed by atoms with Gasteiger partial charge in [-0.05, 0) is 24.3 Å². The minimum Gasteiger partial charge on any atom is -0.372 e. The lowest BCUT2D eigenvalue weighted by molar-refractivity contribution is 0.422. The summed E-state index contributed by atoms with van der Waals surface area (Å²) in [5.74, 6) is 0.0641. The molecule has 0 bridgehead atoms. The highest BCUT2D eigenvalue weighted by Gasteiger charge is 2.30. The van der Waals surface area contributed by atoms with Crippen molar-refractivity contribution in [2.24, 2.45) is 0 Å². The molecule has 1 fully saturated rings. The van der Waals surface area contributed by atoms with Crippen molar-refractivity contribution < 1.29 is 13.2 Å². The van der Waals surface area contributed by atoms with E-state index in [4.69, 9.17) is 16.3 Å². The van der Waals surface area contributed by atoms with Crippen LogP contribution in [-0.4, -0.2) is 26.9 Å². The van der Waals surface area contributed by atoms with E-state index in [2.05, 4.69) is 0 Å². The maximum Gasteiger partial charge on any atom is 0.181 e. The van der Waals surface area contributed by atoms with E-state index in [0.29, 0.717) is 16.5 Å². The van der Waals surface area contributed by atoms with E-state index in [-0.39, 0.29) is 11.9 Å². The fraction of sp³-hybridized carbons (Fsp3) is 0.333. The summed E-state index contributed by atoms with van der Waals surface area (Å²) >= 11 is 5.66. The number of halogens is 1. The number of benzene rings is 1. The Balaban J connectivity index is 2.24. The van der Waals surface area contributed by atoms with Crippen LogP contribution in [0.2, 0.25) is 5.02 Å². The van der Waals surface area contributed by atoms with Gasteiger partial charge in [-0.25, -0.2) is 8.42 Å². The van der Waals surface area contributed by atoms with Gasteiger partial charge in [0.25, 0.3) is 0 Å². The van der Waals surface area contributed by atoms with E-state index in [1.807, 2.05) is 0 Å². The minimum absolute atomic E-state index is 0.0641. The number of rotatable bonds is 3. The summed E-state index contributed by atoms with van der Waals surface area (Å²) in [5, 5.41) is 0.534. The quantitative estimate of drug-likeness (QED) is 0.743. The molecular formula is C9H9ClO3S. The lowest BCUT2D eigenvalue weighted by Gasteiger charge is -2.01. The molecule has 0 unspecified atom stereocenters. The van der Waals surface area contributed by atoms with Gasteiger partial charge in [0, 0.05) is 5.02 Å². The minimum atomic E-state index is -3.20. The first kappa shape index (κ1) is 9.96. The number of epoxide rings is 1. The molecule has 14 heavy (non-hydrogen) atoms. The first-order chi connectivity index (χ1) is 6.58. The first-order valence-electron chi connectivity index (χ1n) is 4.18. The van der Waals surface area contributed by atoms with Crippen molar-refractivity contribution in [2.45, 2.75) is 11.0 Å². The van der Waals surface area contributed by atoms with E-state index in [1.165, 1.54) is 12.1 Å². The normalized spacial score (nSPS) is 20.8. The third kappa shape index (κ3) is 2.26. The molecule has 76 valence electrons. The molecule has 1 aromatic carbocycles. The van der Waals surface area contributed by atoms with Crippen molar-refractivity contribution in [3.63, 3.8) is 0 Å². The summed E-state index contributed by atoms with van der Waals surface area (Å²) in [6, 6.07) is 6.17. The Morgan fingerprint density at radius 2 is 1.93 bits per heavy atom. The molecule has 1 atom stereocenters. The second kappa shape index (κ2) is 3.53. The van der Waals surface area contributed by atoms with Crippen LogP contribution >= 0.6 is 11.6 Å². The van der Waals surface area contributed by atoms with Gasteiger partial charge in [0.05, 0.1) is 23.4 Å². The maximum atomic E-state index is 11.7. The van der Waals surface area contributed by atoms with Crippen LogP contribution in [0.3, 0.4) is 0 Å². The van der Waals surface area contributed by atoms with Gasteiger partial charge in [0.1, 0.15) is 0 Å². The fourth-order valence-corrected chi connectivity index (χ4v) is 2.70. The van der Waals surface area contributed by atoms with Crippen LogP contribution in [-0.2, 0) is 14.6 Å². The molecule has 1 heterocycles. The average Bonchev–Trinajstić information content (AvgIpc) is 2.88. The summed E-state index contributed by atoms with van der Waals surface area (Å²) in [6.45, 7) is 0.548. The van der Waals surface area contributed by atoms with Gasteiger partial charge in [0.2, 0.25) is 0 Å². The van der Waals surface area contributed by atoms with Gasteiger partial charge in [-0.2, -0.15) is 0 Å². The highest BCUT2D eigenvalue weighted by molar-refractivity contribution is 7.91. The zero-order chi connectivity index (χ0) is 10.2. The van der Waals surface area contributed by atoms with Gasteiger partial charge in [-0.3, -0.25) is 0 Å². The maximum absolute atomic E-state index is 11.7. The van der Waals surface area contributed by atoms with Crippen molar-refractivity contribution >= 4 is 21.4 Å². The van der Waals surface area contributed by atoms with Gasteiger partial charge >= 0.3 is 0 Å². The van der Waals surface area contributed by atoms with Gasteiger partial charge in [0.15, 0.2) is 9.84 Å². The number of hydrogen-bond acceptors (Lipinski definition) is 3. The van der Waals surface area contributed by atoms with E-state index < -0.39 is 9.84 Å². The van der Waals surface area contributed by atoms with Gasteiger partial charge in [-0.15, -0.1) is 0 Å². The molecule has 0 amide bonds. The van der Waals surface area contributed by atoms with Crippen LogP contribution in [0, 0.1) is 0 Å². The second-order valence-corrected chi connectivity index (χ2v) is 5.66. The molecule has 3 nitrogen and oxygen atoms in total. The molecule has 5 heteroatoms. The first-order valence-corrected chi connectivity index (χ1v) is 6.21. The number of hydrogen-bond donors (Lipinski definition) is 0. The molecule has 0 saturated carbocycles. The molecule has 0 spiro atoms. The standard InChI is InChI=1S/C9H9ClO3S/c10-7-1-3-9(4-2-7)14(11,12)6-8-5-13-8/h1-4,8H,5-6H2/t8-/m0/s1. The monoisotopic (exact) mass is 232 g/mol. The van der Waals surface area contributed by atoms with Crippen molar-refractivity contribution in [1.82, 2.24) is 0 Å². The van der Waals surface area contributed by atoms with Crippen LogP contribution in [0.5, 0.6) is 0 Å². The highest BCUT2D eigenvalue weighted by atomic mass is 35.5. The van der Waals surface area contributed by atoms with Crippen molar-refractivity contribution in [3.05, 3.63) is 29.3 Å². The van der Waals surface area contributed by atoms with Crippen LogP contribution in [0.1, 0.15) is 0 Å². The predicted molar refractivity (Wildman–Crippen MR) is 53.2 cm³/mol. The highest BCUT2D eigenvalue weighted by Crippen LogP contribution is 2.20. The molecule has 2 rings (SSSR count). The number of sulfone groups is 1. The third-order valence-corrected chi connectivity index (χ3v) is 4.03. The molecule has 1 aliphatic rings. The van der Waals surface area contributed by atoms with Crippen LogP contribution in [0.15, 0.2) is 29.2 Å². The Morgan fingerprint density at radius 1 is 1.36 bits per heavy atom. The Hall–Kier alpha value is -0.580. The molecule has 0 aliphatic carbocycles. The van der Waals surface area contributed by atoms with Crippen molar-refractivity contribution in [1.29, 1.82) is 0 Å².